The smallest absolute Gasteiger partial charge is 0.233 e. The normalized spacial score (nSPS) is 25.1. The second-order valence-corrected chi connectivity index (χ2v) is 5.22. The van der Waals surface area contributed by atoms with Crippen LogP contribution in [0.25, 0.3) is 0 Å². The first-order chi connectivity index (χ1) is 8.81. The van der Waals surface area contributed by atoms with E-state index in [1.807, 2.05) is 0 Å². The molecule has 6 heteroatoms. The maximum Gasteiger partial charge on any atom is 0.233 e. The second kappa shape index (κ2) is 5.38. The van der Waals surface area contributed by atoms with Gasteiger partial charge in [-0.15, -0.1) is 0 Å². The first kappa shape index (κ1) is 12.1. The minimum Gasteiger partial charge on any atom is -0.476 e. The van der Waals surface area contributed by atoms with Gasteiger partial charge in [0.25, 0.3) is 0 Å². The molecule has 1 aromatic rings. The Balaban J connectivity index is 1.41. The van der Waals surface area contributed by atoms with Gasteiger partial charge in [0.15, 0.2) is 5.15 Å². The molecule has 0 spiro atoms. The van der Waals surface area contributed by atoms with E-state index in [0.29, 0.717) is 29.6 Å². The zero-order valence-corrected chi connectivity index (χ0v) is 10.8. The van der Waals surface area contributed by atoms with Crippen LogP contribution in [0.5, 0.6) is 5.88 Å². The van der Waals surface area contributed by atoms with Gasteiger partial charge >= 0.3 is 0 Å². The predicted octanol–water partition coefficient (Wildman–Crippen LogP) is 1.23. The number of likely N-dealkylation sites (tertiary alicyclic amines) is 1. The fourth-order valence-corrected chi connectivity index (χ4v) is 2.56. The number of aromatic nitrogens is 2. The standard InChI is InChI=1S/C12H16ClN3O2/c13-11-3-14-4-12(15-11)18-7-9-5-16(6-9)10-1-2-17-8-10/h3-4,9-10H,1-2,5-8H2. The van der Waals surface area contributed by atoms with Gasteiger partial charge in [0.1, 0.15) is 0 Å². The van der Waals surface area contributed by atoms with Gasteiger partial charge in [-0.2, -0.15) is 4.98 Å². The van der Waals surface area contributed by atoms with Crippen molar-refractivity contribution in [1.29, 1.82) is 0 Å². The Morgan fingerprint density at radius 2 is 2.33 bits per heavy atom. The van der Waals surface area contributed by atoms with Gasteiger partial charge in [-0.1, -0.05) is 11.6 Å². The molecule has 3 heterocycles. The maximum absolute atomic E-state index is 5.74. The lowest BCUT2D eigenvalue weighted by Gasteiger charge is -2.42. The third-order valence-electron chi connectivity index (χ3n) is 3.46. The summed E-state index contributed by atoms with van der Waals surface area (Å²) in [6.45, 7) is 4.64. The summed E-state index contributed by atoms with van der Waals surface area (Å²) < 4.78 is 11.0. The predicted molar refractivity (Wildman–Crippen MR) is 66.8 cm³/mol. The van der Waals surface area contributed by atoms with Gasteiger partial charge in [0.05, 0.1) is 25.6 Å². The highest BCUT2D eigenvalue weighted by molar-refractivity contribution is 6.29. The van der Waals surface area contributed by atoms with Gasteiger partial charge in [-0.05, 0) is 6.42 Å². The van der Waals surface area contributed by atoms with Gasteiger partial charge in [-0.3, -0.25) is 9.88 Å². The summed E-state index contributed by atoms with van der Waals surface area (Å²) in [5.74, 6) is 1.08. The quantitative estimate of drug-likeness (QED) is 0.823. The van der Waals surface area contributed by atoms with Gasteiger partial charge in [0.2, 0.25) is 5.88 Å². The van der Waals surface area contributed by atoms with Crippen LogP contribution < -0.4 is 4.74 Å². The van der Waals surface area contributed by atoms with Crippen LogP contribution in [0.15, 0.2) is 12.4 Å². The molecule has 1 unspecified atom stereocenters. The topological polar surface area (TPSA) is 47.5 Å². The molecule has 0 saturated carbocycles. The molecular formula is C12H16ClN3O2. The van der Waals surface area contributed by atoms with Gasteiger partial charge < -0.3 is 9.47 Å². The minimum atomic E-state index is 0.367. The molecule has 1 atom stereocenters. The summed E-state index contributed by atoms with van der Waals surface area (Å²) in [7, 11) is 0. The van der Waals surface area contributed by atoms with E-state index < -0.39 is 0 Å². The van der Waals surface area contributed by atoms with E-state index in [1.54, 1.807) is 6.20 Å². The molecule has 0 N–H and O–H groups in total. The molecule has 5 nitrogen and oxygen atoms in total. The lowest BCUT2D eigenvalue weighted by Crippen LogP contribution is -2.54. The molecular weight excluding hydrogens is 254 g/mol. The van der Waals surface area contributed by atoms with Crippen LogP contribution in [0.4, 0.5) is 0 Å². The SMILES string of the molecule is Clc1cncc(OCC2CN(C3CCOC3)C2)n1. The lowest BCUT2D eigenvalue weighted by molar-refractivity contribution is 0.0203. The summed E-state index contributed by atoms with van der Waals surface area (Å²) in [4.78, 5) is 10.4. The van der Waals surface area contributed by atoms with Crippen LogP contribution in [0.1, 0.15) is 6.42 Å². The van der Waals surface area contributed by atoms with Crippen molar-refractivity contribution < 1.29 is 9.47 Å². The number of nitrogens with zero attached hydrogens (tertiary/aromatic N) is 3. The number of ether oxygens (including phenoxy) is 2. The number of hydrogen-bond acceptors (Lipinski definition) is 5. The summed E-state index contributed by atoms with van der Waals surface area (Å²) in [5, 5.41) is 0.367. The fraction of sp³-hybridized carbons (Fsp3) is 0.667. The van der Waals surface area contributed by atoms with Crippen molar-refractivity contribution in [2.24, 2.45) is 5.92 Å². The number of rotatable bonds is 4. The zero-order valence-electron chi connectivity index (χ0n) is 10.1. The van der Waals surface area contributed by atoms with Crippen LogP contribution in [0.3, 0.4) is 0 Å². The summed E-state index contributed by atoms with van der Waals surface area (Å²) in [6, 6.07) is 0.618. The molecule has 0 bridgehead atoms. The van der Waals surface area contributed by atoms with E-state index in [0.717, 1.165) is 32.7 Å². The highest BCUT2D eigenvalue weighted by Gasteiger charge is 2.34. The Labute approximate surface area is 111 Å². The van der Waals surface area contributed by atoms with Crippen LogP contribution >= 0.6 is 11.6 Å². The first-order valence-electron chi connectivity index (χ1n) is 6.23. The van der Waals surface area contributed by atoms with E-state index in [2.05, 4.69) is 14.9 Å². The molecule has 2 saturated heterocycles. The second-order valence-electron chi connectivity index (χ2n) is 4.83. The molecule has 1 aromatic heterocycles. The molecule has 2 aliphatic heterocycles. The minimum absolute atomic E-state index is 0.367. The lowest BCUT2D eigenvalue weighted by atomic mass is 9.98. The average molecular weight is 270 g/mol. The van der Waals surface area contributed by atoms with E-state index in [-0.39, 0.29) is 0 Å². The Morgan fingerprint density at radius 3 is 3.06 bits per heavy atom. The van der Waals surface area contributed by atoms with Crippen molar-refractivity contribution in [1.82, 2.24) is 14.9 Å². The summed E-state index contributed by atoms with van der Waals surface area (Å²) >= 11 is 5.74. The van der Waals surface area contributed by atoms with Crippen LogP contribution in [-0.2, 0) is 4.74 Å². The molecule has 2 aliphatic rings. The Bertz CT molecular complexity index is 406. The molecule has 0 amide bonds. The zero-order chi connectivity index (χ0) is 12.4. The summed E-state index contributed by atoms with van der Waals surface area (Å²) in [5.41, 5.74) is 0. The Kier molecular flexibility index (Phi) is 3.63. The average Bonchev–Trinajstić information content (AvgIpc) is 2.80. The molecule has 0 radical (unpaired) electrons. The molecule has 2 fully saturated rings. The van der Waals surface area contributed by atoms with Crippen LogP contribution in [0.2, 0.25) is 5.15 Å². The molecule has 0 aliphatic carbocycles. The molecule has 98 valence electrons. The van der Waals surface area contributed by atoms with Crippen LogP contribution in [-0.4, -0.2) is 53.8 Å². The van der Waals surface area contributed by atoms with Crippen molar-refractivity contribution in [2.75, 3.05) is 32.9 Å². The van der Waals surface area contributed by atoms with Crippen molar-refractivity contribution in [3.05, 3.63) is 17.5 Å². The van der Waals surface area contributed by atoms with Crippen molar-refractivity contribution >= 4 is 11.6 Å². The van der Waals surface area contributed by atoms with Crippen molar-refractivity contribution in [2.45, 2.75) is 12.5 Å². The van der Waals surface area contributed by atoms with E-state index in [1.165, 1.54) is 6.20 Å². The largest absolute Gasteiger partial charge is 0.476 e. The van der Waals surface area contributed by atoms with Gasteiger partial charge in [-0.25, -0.2) is 0 Å². The van der Waals surface area contributed by atoms with Crippen molar-refractivity contribution in [3.63, 3.8) is 0 Å². The third kappa shape index (κ3) is 2.74. The Hall–Kier alpha value is -0.910. The highest BCUT2D eigenvalue weighted by atomic mass is 35.5. The van der Waals surface area contributed by atoms with Crippen LogP contribution in [0, 0.1) is 5.92 Å². The monoisotopic (exact) mass is 269 g/mol. The molecule has 3 rings (SSSR count). The third-order valence-corrected chi connectivity index (χ3v) is 3.64. The molecule has 18 heavy (non-hydrogen) atoms. The van der Waals surface area contributed by atoms with Gasteiger partial charge in [0, 0.05) is 31.7 Å². The van der Waals surface area contributed by atoms with E-state index in [9.17, 15) is 0 Å². The molecule has 0 aromatic carbocycles. The van der Waals surface area contributed by atoms with E-state index in [4.69, 9.17) is 21.1 Å². The summed E-state index contributed by atoms with van der Waals surface area (Å²) in [6.07, 6.45) is 4.25. The number of halogens is 1. The van der Waals surface area contributed by atoms with E-state index >= 15 is 0 Å². The maximum atomic E-state index is 5.74. The Morgan fingerprint density at radius 1 is 1.44 bits per heavy atom. The fourth-order valence-electron chi connectivity index (χ4n) is 2.42. The van der Waals surface area contributed by atoms with Crippen molar-refractivity contribution in [3.8, 4) is 5.88 Å². The first-order valence-corrected chi connectivity index (χ1v) is 6.61. The highest BCUT2D eigenvalue weighted by Crippen LogP contribution is 2.23. The number of hydrogen-bond donors (Lipinski definition) is 0.